The second-order valence-corrected chi connectivity index (χ2v) is 18.4. The molecule has 0 radical (unpaired) electrons. The number of para-hydroxylation sites is 2. The van der Waals surface area contributed by atoms with E-state index in [-0.39, 0.29) is 21.9 Å². The SMILES string of the molecule is CC12CCCCC1(C)N(c1ccccc1)c1ccc(-c3ccc4c(c3)-c3cc(-c5ccc6c(c5)C5(C)CCCCC5(C)N6c5ccccc5)ccc3C4)cc12. The Bertz CT molecular complexity index is 2330. The van der Waals surface area contributed by atoms with Gasteiger partial charge in [-0.25, -0.2) is 0 Å². The van der Waals surface area contributed by atoms with Gasteiger partial charge in [-0.2, -0.15) is 0 Å². The van der Waals surface area contributed by atoms with E-state index in [4.69, 9.17) is 0 Å². The Morgan fingerprint density at radius 3 is 1.22 bits per heavy atom. The van der Waals surface area contributed by atoms with Gasteiger partial charge in [0.05, 0.1) is 11.1 Å². The molecule has 11 rings (SSSR count). The van der Waals surface area contributed by atoms with Crippen molar-refractivity contribution >= 4 is 22.7 Å². The van der Waals surface area contributed by atoms with Crippen LogP contribution in [0.3, 0.4) is 0 Å². The lowest BCUT2D eigenvalue weighted by molar-refractivity contribution is 0.195. The number of nitrogens with zero attached hydrogens (tertiary/aromatic N) is 2. The smallest absolute Gasteiger partial charge is 0.0517 e. The maximum Gasteiger partial charge on any atom is 0.0517 e. The summed E-state index contributed by atoms with van der Waals surface area (Å²) in [5.74, 6) is 0. The fourth-order valence-electron chi connectivity index (χ4n) is 12.3. The van der Waals surface area contributed by atoms with Crippen molar-refractivity contribution in [2.24, 2.45) is 0 Å². The van der Waals surface area contributed by atoms with Gasteiger partial charge in [-0.1, -0.05) is 112 Å². The third-order valence-electron chi connectivity index (χ3n) is 15.8. The minimum absolute atomic E-state index is 0.0608. The highest BCUT2D eigenvalue weighted by Crippen LogP contribution is 2.63. The van der Waals surface area contributed by atoms with Crippen molar-refractivity contribution in [2.45, 2.75) is 107 Å². The lowest BCUT2D eigenvalue weighted by Gasteiger charge is -2.50. The molecular formula is C53H52N2. The molecule has 274 valence electrons. The molecule has 2 aliphatic heterocycles. The normalized spacial score (nSPS) is 27.2. The average molecular weight is 717 g/mol. The molecule has 0 aromatic heterocycles. The van der Waals surface area contributed by atoms with E-state index in [1.165, 1.54) is 130 Å². The van der Waals surface area contributed by atoms with Gasteiger partial charge in [0, 0.05) is 33.6 Å². The summed E-state index contributed by atoms with van der Waals surface area (Å²) < 4.78 is 0. The summed E-state index contributed by atoms with van der Waals surface area (Å²) in [6, 6.07) is 51.5. The molecule has 0 N–H and O–H groups in total. The number of fused-ring (bicyclic) bond motifs is 9. The van der Waals surface area contributed by atoms with E-state index in [0.29, 0.717) is 0 Å². The van der Waals surface area contributed by atoms with Gasteiger partial charge in [-0.15, -0.1) is 0 Å². The zero-order valence-electron chi connectivity index (χ0n) is 33.0. The van der Waals surface area contributed by atoms with Crippen LogP contribution in [0.25, 0.3) is 33.4 Å². The molecule has 5 aliphatic rings. The van der Waals surface area contributed by atoms with Gasteiger partial charge in [0.2, 0.25) is 0 Å². The van der Waals surface area contributed by atoms with Crippen molar-refractivity contribution in [3.63, 3.8) is 0 Å². The molecule has 2 saturated carbocycles. The first-order valence-electron chi connectivity index (χ1n) is 21.0. The van der Waals surface area contributed by atoms with Crippen molar-refractivity contribution in [1.82, 2.24) is 0 Å². The van der Waals surface area contributed by atoms with Crippen LogP contribution in [0.15, 0.2) is 133 Å². The first-order chi connectivity index (χ1) is 26.7. The zero-order valence-corrected chi connectivity index (χ0v) is 33.0. The van der Waals surface area contributed by atoms with Gasteiger partial charge in [-0.05, 0) is 162 Å². The molecule has 4 unspecified atom stereocenters. The highest BCUT2D eigenvalue weighted by molar-refractivity contribution is 5.87. The summed E-state index contributed by atoms with van der Waals surface area (Å²) in [4.78, 5) is 5.36. The summed E-state index contributed by atoms with van der Waals surface area (Å²) in [7, 11) is 0. The maximum atomic E-state index is 2.68. The van der Waals surface area contributed by atoms with Crippen LogP contribution in [0, 0.1) is 0 Å². The van der Waals surface area contributed by atoms with Crippen molar-refractivity contribution in [3.8, 4) is 33.4 Å². The Morgan fingerprint density at radius 1 is 0.400 bits per heavy atom. The van der Waals surface area contributed by atoms with Gasteiger partial charge in [-0.3, -0.25) is 0 Å². The lowest BCUT2D eigenvalue weighted by atomic mass is 9.61. The summed E-state index contributed by atoms with van der Waals surface area (Å²) in [6.07, 6.45) is 11.1. The van der Waals surface area contributed by atoms with Crippen LogP contribution in [-0.2, 0) is 17.3 Å². The molecule has 0 amide bonds. The van der Waals surface area contributed by atoms with Crippen molar-refractivity contribution in [2.75, 3.05) is 9.80 Å². The number of anilines is 4. The minimum atomic E-state index is 0.0608. The third-order valence-corrected chi connectivity index (χ3v) is 15.8. The molecule has 2 heteroatoms. The van der Waals surface area contributed by atoms with Crippen LogP contribution in [0.1, 0.15) is 101 Å². The molecule has 6 aromatic rings. The van der Waals surface area contributed by atoms with E-state index in [1.54, 1.807) is 0 Å². The number of hydrogen-bond donors (Lipinski definition) is 0. The van der Waals surface area contributed by atoms with Crippen LogP contribution < -0.4 is 9.80 Å². The summed E-state index contributed by atoms with van der Waals surface area (Å²) in [6.45, 7) is 10.1. The highest BCUT2D eigenvalue weighted by atomic mass is 15.3. The van der Waals surface area contributed by atoms with E-state index in [1.807, 2.05) is 0 Å². The number of rotatable bonds is 4. The van der Waals surface area contributed by atoms with Crippen LogP contribution in [0.5, 0.6) is 0 Å². The number of benzene rings is 6. The lowest BCUT2D eigenvalue weighted by Crippen LogP contribution is -2.54. The standard InChI is InChI=1S/C53H52N2/c1-50-27-11-13-29-52(50,3)54(42-15-7-5-8-16-42)48-25-23-38(34-46(48)50)36-19-21-40-31-41-22-20-37(33-45(41)44(40)32-36)39-24-26-49-47(35-39)51(2)28-12-14-30-53(51,4)55(49)43-17-9-6-10-18-43/h5-10,15-26,32-35H,11-14,27-31H2,1-4H3. The highest BCUT2D eigenvalue weighted by Gasteiger charge is 2.59. The molecule has 55 heavy (non-hydrogen) atoms. The van der Waals surface area contributed by atoms with Crippen molar-refractivity contribution < 1.29 is 0 Å². The second kappa shape index (κ2) is 11.7. The second-order valence-electron chi connectivity index (χ2n) is 18.4. The van der Waals surface area contributed by atoms with E-state index in [9.17, 15) is 0 Å². The van der Waals surface area contributed by atoms with Crippen LogP contribution in [0.4, 0.5) is 22.7 Å². The van der Waals surface area contributed by atoms with E-state index in [2.05, 4.69) is 171 Å². The Balaban J connectivity index is 0.975. The average Bonchev–Trinajstić information content (AvgIpc) is 3.76. The van der Waals surface area contributed by atoms with Crippen LogP contribution in [0.2, 0.25) is 0 Å². The molecule has 3 aliphatic carbocycles. The first kappa shape index (κ1) is 33.3. The largest absolute Gasteiger partial charge is 0.334 e. The molecule has 2 fully saturated rings. The Hall–Kier alpha value is -5.08. The predicted molar refractivity (Wildman–Crippen MR) is 231 cm³/mol. The fourth-order valence-corrected chi connectivity index (χ4v) is 12.3. The molecular weight excluding hydrogens is 665 g/mol. The van der Waals surface area contributed by atoms with E-state index >= 15 is 0 Å². The van der Waals surface area contributed by atoms with Gasteiger partial charge in [0.1, 0.15) is 0 Å². The van der Waals surface area contributed by atoms with E-state index < -0.39 is 0 Å². The predicted octanol–water partition coefficient (Wildman–Crippen LogP) is 14.1. The fraction of sp³-hybridized carbons (Fsp3) is 0.321. The van der Waals surface area contributed by atoms with Crippen molar-refractivity contribution in [1.29, 1.82) is 0 Å². The number of hydrogen-bond acceptors (Lipinski definition) is 2. The summed E-state index contributed by atoms with van der Waals surface area (Å²) in [5, 5.41) is 0. The Labute approximate surface area is 327 Å². The van der Waals surface area contributed by atoms with Crippen LogP contribution >= 0.6 is 0 Å². The molecule has 0 bridgehead atoms. The minimum Gasteiger partial charge on any atom is -0.334 e. The van der Waals surface area contributed by atoms with Crippen LogP contribution in [-0.4, -0.2) is 11.1 Å². The molecule has 2 nitrogen and oxygen atoms in total. The monoisotopic (exact) mass is 716 g/mol. The molecule has 6 aromatic carbocycles. The van der Waals surface area contributed by atoms with Gasteiger partial charge < -0.3 is 9.80 Å². The molecule has 0 spiro atoms. The third kappa shape index (κ3) is 4.49. The quantitative estimate of drug-likeness (QED) is 0.179. The van der Waals surface area contributed by atoms with Crippen molar-refractivity contribution in [3.05, 3.63) is 156 Å². The molecule has 4 atom stereocenters. The topological polar surface area (TPSA) is 6.48 Å². The van der Waals surface area contributed by atoms with Gasteiger partial charge in [0.25, 0.3) is 0 Å². The zero-order chi connectivity index (χ0) is 37.2. The maximum absolute atomic E-state index is 2.68. The first-order valence-corrected chi connectivity index (χ1v) is 21.0. The van der Waals surface area contributed by atoms with Gasteiger partial charge >= 0.3 is 0 Å². The van der Waals surface area contributed by atoms with E-state index in [0.717, 1.165) is 6.42 Å². The Kier molecular flexibility index (Phi) is 7.09. The van der Waals surface area contributed by atoms with Gasteiger partial charge in [0.15, 0.2) is 0 Å². The molecule has 0 saturated heterocycles. The summed E-state index contributed by atoms with van der Waals surface area (Å²) >= 11 is 0. The Morgan fingerprint density at radius 2 is 0.782 bits per heavy atom. The summed E-state index contributed by atoms with van der Waals surface area (Å²) in [5.41, 5.74) is 19.8. The molecule has 2 heterocycles.